The molecule has 6 nitrogen and oxygen atoms in total. The average molecular weight is 433 g/mol. The molecule has 0 fully saturated rings. The Bertz CT molecular complexity index is 1180. The molecule has 3 aromatic carbocycles. The lowest BCUT2D eigenvalue weighted by Crippen LogP contribution is -2.20. The molecule has 2 N–H and O–H groups in total. The molecular formula is C24H17F2N3O3. The molecule has 32 heavy (non-hydrogen) atoms. The highest BCUT2D eigenvalue weighted by Gasteiger charge is 2.12. The first kappa shape index (κ1) is 22.2. The first-order chi connectivity index (χ1) is 15.4. The van der Waals surface area contributed by atoms with Crippen molar-refractivity contribution < 1.29 is 23.1 Å². The van der Waals surface area contributed by atoms with E-state index in [4.69, 9.17) is 4.74 Å². The van der Waals surface area contributed by atoms with Crippen molar-refractivity contribution in [2.75, 3.05) is 17.2 Å². The molecule has 0 radical (unpaired) electrons. The Labute approximate surface area is 182 Å². The second-order valence-corrected chi connectivity index (χ2v) is 6.51. The molecule has 0 aliphatic rings. The molecule has 0 aliphatic heterocycles. The van der Waals surface area contributed by atoms with E-state index in [1.165, 1.54) is 54.6 Å². The monoisotopic (exact) mass is 433 g/mol. The van der Waals surface area contributed by atoms with Crippen LogP contribution < -0.4 is 15.4 Å². The van der Waals surface area contributed by atoms with Gasteiger partial charge in [0.2, 0.25) is 0 Å². The Balaban J connectivity index is 1.68. The maximum Gasteiger partial charge on any atom is 0.266 e. The number of nitriles is 1. The zero-order valence-electron chi connectivity index (χ0n) is 16.6. The molecule has 3 rings (SSSR count). The minimum atomic E-state index is -0.678. The normalized spacial score (nSPS) is 10.7. The quantitative estimate of drug-likeness (QED) is 0.423. The Kier molecular flexibility index (Phi) is 7.28. The SMILES string of the molecule is N#C/C(=C\c1ccccc1OCC(=O)Nc1ccc(F)cc1)C(=O)Nc1ccc(F)cc1. The number of carbonyl (C=O) groups is 2. The lowest BCUT2D eigenvalue weighted by molar-refractivity contribution is -0.118. The summed E-state index contributed by atoms with van der Waals surface area (Å²) in [5.74, 6) is -1.73. The smallest absolute Gasteiger partial charge is 0.266 e. The van der Waals surface area contributed by atoms with E-state index >= 15 is 0 Å². The van der Waals surface area contributed by atoms with Crippen LogP contribution in [0.4, 0.5) is 20.2 Å². The van der Waals surface area contributed by atoms with Crippen LogP contribution in [0.15, 0.2) is 78.4 Å². The zero-order chi connectivity index (χ0) is 22.9. The number of para-hydroxylation sites is 1. The number of hydrogen-bond donors (Lipinski definition) is 2. The molecule has 3 aromatic rings. The topological polar surface area (TPSA) is 91.2 Å². The number of halogens is 2. The number of amides is 2. The predicted molar refractivity (Wildman–Crippen MR) is 116 cm³/mol. The van der Waals surface area contributed by atoms with Crippen LogP contribution in [0, 0.1) is 23.0 Å². The van der Waals surface area contributed by atoms with Crippen molar-refractivity contribution in [3.05, 3.63) is 95.6 Å². The molecule has 0 saturated carbocycles. The van der Waals surface area contributed by atoms with Crippen molar-refractivity contribution in [3.8, 4) is 11.8 Å². The van der Waals surface area contributed by atoms with E-state index in [0.717, 1.165) is 0 Å². The fourth-order valence-corrected chi connectivity index (χ4v) is 2.64. The second kappa shape index (κ2) is 10.5. The van der Waals surface area contributed by atoms with Gasteiger partial charge in [0.05, 0.1) is 0 Å². The molecule has 0 spiro atoms. The van der Waals surface area contributed by atoms with E-state index in [-0.39, 0.29) is 17.9 Å². The number of nitrogens with one attached hydrogen (secondary N) is 2. The summed E-state index contributed by atoms with van der Waals surface area (Å²) in [6.07, 6.45) is 1.33. The Morgan fingerprint density at radius 3 is 2.03 bits per heavy atom. The fourth-order valence-electron chi connectivity index (χ4n) is 2.64. The molecule has 0 saturated heterocycles. The van der Waals surface area contributed by atoms with E-state index in [2.05, 4.69) is 10.6 Å². The maximum atomic E-state index is 13.0. The first-order valence-electron chi connectivity index (χ1n) is 9.40. The maximum absolute atomic E-state index is 13.0. The van der Waals surface area contributed by atoms with E-state index in [1.54, 1.807) is 24.3 Å². The number of nitrogens with zero attached hydrogens (tertiary/aromatic N) is 1. The van der Waals surface area contributed by atoms with Gasteiger partial charge in [-0.05, 0) is 60.7 Å². The van der Waals surface area contributed by atoms with Crippen molar-refractivity contribution in [1.29, 1.82) is 5.26 Å². The minimum absolute atomic E-state index is 0.207. The van der Waals surface area contributed by atoms with Gasteiger partial charge in [0.1, 0.15) is 29.0 Å². The molecule has 8 heteroatoms. The number of hydrogen-bond acceptors (Lipinski definition) is 4. The van der Waals surface area contributed by atoms with Crippen LogP contribution in [0.2, 0.25) is 0 Å². The van der Waals surface area contributed by atoms with Gasteiger partial charge in [0, 0.05) is 16.9 Å². The van der Waals surface area contributed by atoms with Gasteiger partial charge >= 0.3 is 0 Å². The summed E-state index contributed by atoms with van der Waals surface area (Å²) in [7, 11) is 0. The van der Waals surface area contributed by atoms with Gasteiger partial charge in [-0.3, -0.25) is 9.59 Å². The summed E-state index contributed by atoms with van der Waals surface area (Å²) >= 11 is 0. The predicted octanol–water partition coefficient (Wildman–Crippen LogP) is 4.53. The van der Waals surface area contributed by atoms with Crippen molar-refractivity contribution in [2.45, 2.75) is 0 Å². The fraction of sp³-hybridized carbons (Fsp3) is 0.0417. The Hall–Kier alpha value is -4.51. The van der Waals surface area contributed by atoms with Gasteiger partial charge in [0.15, 0.2) is 6.61 Å². The molecular weight excluding hydrogens is 416 g/mol. The molecule has 2 amide bonds. The Morgan fingerprint density at radius 2 is 1.44 bits per heavy atom. The highest BCUT2D eigenvalue weighted by atomic mass is 19.1. The highest BCUT2D eigenvalue weighted by molar-refractivity contribution is 6.09. The van der Waals surface area contributed by atoms with Crippen LogP contribution in [0.1, 0.15) is 5.56 Å². The second-order valence-electron chi connectivity index (χ2n) is 6.51. The molecule has 0 heterocycles. The number of carbonyl (C=O) groups excluding carboxylic acids is 2. The molecule has 160 valence electrons. The first-order valence-corrected chi connectivity index (χ1v) is 9.40. The van der Waals surface area contributed by atoms with Gasteiger partial charge in [-0.25, -0.2) is 8.78 Å². The van der Waals surface area contributed by atoms with Crippen molar-refractivity contribution in [2.24, 2.45) is 0 Å². The lowest BCUT2D eigenvalue weighted by Gasteiger charge is -2.10. The van der Waals surface area contributed by atoms with E-state index in [1.807, 2.05) is 6.07 Å². The third kappa shape index (κ3) is 6.24. The molecule has 0 unspecified atom stereocenters. The van der Waals surface area contributed by atoms with Gasteiger partial charge in [-0.15, -0.1) is 0 Å². The number of ether oxygens (including phenoxy) is 1. The van der Waals surface area contributed by atoms with Crippen LogP contribution in [0.5, 0.6) is 5.75 Å². The summed E-state index contributed by atoms with van der Waals surface area (Å²) in [6, 6.07) is 18.8. The summed E-state index contributed by atoms with van der Waals surface area (Å²) in [5.41, 5.74) is 0.950. The average Bonchev–Trinajstić information content (AvgIpc) is 2.79. The summed E-state index contributed by atoms with van der Waals surface area (Å²) in [6.45, 7) is -0.341. The van der Waals surface area contributed by atoms with Crippen molar-refractivity contribution >= 4 is 29.3 Å². The number of benzene rings is 3. The Morgan fingerprint density at radius 1 is 0.875 bits per heavy atom. The minimum Gasteiger partial charge on any atom is -0.483 e. The van der Waals surface area contributed by atoms with Crippen LogP contribution in [0.25, 0.3) is 6.08 Å². The molecule has 0 aromatic heterocycles. The highest BCUT2D eigenvalue weighted by Crippen LogP contribution is 2.22. The summed E-state index contributed by atoms with van der Waals surface area (Å²) in [4.78, 5) is 24.5. The summed E-state index contributed by atoms with van der Waals surface area (Å²) < 4.78 is 31.5. The van der Waals surface area contributed by atoms with E-state index < -0.39 is 23.4 Å². The van der Waals surface area contributed by atoms with Gasteiger partial charge < -0.3 is 15.4 Å². The van der Waals surface area contributed by atoms with Gasteiger partial charge in [-0.2, -0.15) is 5.26 Å². The molecule has 0 atom stereocenters. The van der Waals surface area contributed by atoms with E-state index in [9.17, 15) is 23.6 Å². The number of rotatable bonds is 7. The number of anilines is 2. The standard InChI is InChI=1S/C24H17F2N3O3/c25-18-5-9-20(10-6-18)28-23(30)15-32-22-4-2-1-3-16(22)13-17(14-27)24(31)29-21-11-7-19(26)8-12-21/h1-13H,15H2,(H,28,30)(H,29,31)/b17-13+. The van der Waals surface area contributed by atoms with Crippen LogP contribution >= 0.6 is 0 Å². The zero-order valence-corrected chi connectivity index (χ0v) is 16.6. The third-order valence-electron chi connectivity index (χ3n) is 4.17. The molecule has 0 bridgehead atoms. The van der Waals surface area contributed by atoms with Gasteiger partial charge in [0.25, 0.3) is 11.8 Å². The van der Waals surface area contributed by atoms with Crippen molar-refractivity contribution in [1.82, 2.24) is 0 Å². The third-order valence-corrected chi connectivity index (χ3v) is 4.17. The van der Waals surface area contributed by atoms with Gasteiger partial charge in [-0.1, -0.05) is 18.2 Å². The van der Waals surface area contributed by atoms with Crippen LogP contribution in [-0.4, -0.2) is 18.4 Å². The summed E-state index contributed by atoms with van der Waals surface area (Å²) in [5, 5.41) is 14.5. The van der Waals surface area contributed by atoms with Crippen molar-refractivity contribution in [3.63, 3.8) is 0 Å². The van der Waals surface area contributed by atoms with E-state index in [0.29, 0.717) is 16.9 Å². The largest absolute Gasteiger partial charge is 0.483 e. The van der Waals surface area contributed by atoms with Crippen LogP contribution in [0.3, 0.4) is 0 Å². The molecule has 0 aliphatic carbocycles. The van der Waals surface area contributed by atoms with Crippen LogP contribution in [-0.2, 0) is 9.59 Å². The lowest BCUT2D eigenvalue weighted by atomic mass is 10.1.